The standard InChI is InChI=1S/2C11H22O/c2*1-2-3-4-5-6-7-8-9-10-11-12/h2*11H,2-10H2,1H3. The first-order valence-corrected chi connectivity index (χ1v) is 10.7. The summed E-state index contributed by atoms with van der Waals surface area (Å²) in [4.78, 5) is 20.0. The van der Waals surface area contributed by atoms with Gasteiger partial charge in [0, 0.05) is 12.8 Å². The molecule has 2 heteroatoms. The number of hydrogen-bond donors (Lipinski definition) is 0. The van der Waals surface area contributed by atoms with E-state index in [0.717, 1.165) is 38.3 Å². The second-order valence-corrected chi connectivity index (χ2v) is 6.86. The normalized spacial score (nSPS) is 10.1. The number of rotatable bonds is 18. The predicted octanol–water partition coefficient (Wildman–Crippen LogP) is 7.43. The molecule has 0 amide bonds. The monoisotopic (exact) mass is 340 g/mol. The maximum atomic E-state index is 9.98. The predicted molar refractivity (Wildman–Crippen MR) is 107 cm³/mol. The summed E-state index contributed by atoms with van der Waals surface area (Å²) in [7, 11) is 0. The highest BCUT2D eigenvalue weighted by Gasteiger charge is 1.91. The third kappa shape index (κ3) is 29.4. The lowest BCUT2D eigenvalue weighted by Gasteiger charge is -1.98. The molecule has 2 nitrogen and oxygen atoms in total. The quantitative estimate of drug-likeness (QED) is 0.192. The highest BCUT2D eigenvalue weighted by atomic mass is 16.1. The highest BCUT2D eigenvalue weighted by Crippen LogP contribution is 2.09. The molecule has 0 saturated carbocycles. The van der Waals surface area contributed by atoms with Crippen LogP contribution in [0, 0.1) is 0 Å². The number of aldehydes is 2. The molecule has 0 aromatic rings. The summed E-state index contributed by atoms with van der Waals surface area (Å²) in [5, 5.41) is 0. The van der Waals surface area contributed by atoms with Crippen molar-refractivity contribution in [2.45, 2.75) is 129 Å². The van der Waals surface area contributed by atoms with Gasteiger partial charge in [0.25, 0.3) is 0 Å². The van der Waals surface area contributed by atoms with E-state index in [-0.39, 0.29) is 0 Å². The number of unbranched alkanes of at least 4 members (excludes halogenated alkanes) is 16. The molecule has 24 heavy (non-hydrogen) atoms. The van der Waals surface area contributed by atoms with Gasteiger partial charge in [0.2, 0.25) is 0 Å². The Morgan fingerprint density at radius 3 is 0.917 bits per heavy atom. The first-order valence-electron chi connectivity index (χ1n) is 10.7. The van der Waals surface area contributed by atoms with Crippen LogP contribution in [-0.4, -0.2) is 12.6 Å². The van der Waals surface area contributed by atoms with E-state index < -0.39 is 0 Å². The van der Waals surface area contributed by atoms with Crippen LogP contribution in [0.2, 0.25) is 0 Å². The molecule has 0 radical (unpaired) electrons. The van der Waals surface area contributed by atoms with Gasteiger partial charge in [-0.1, -0.05) is 104 Å². The van der Waals surface area contributed by atoms with E-state index in [9.17, 15) is 9.59 Å². The second kappa shape index (κ2) is 27.2. The molecule has 144 valence electrons. The van der Waals surface area contributed by atoms with Gasteiger partial charge in [-0.05, 0) is 12.8 Å². The first kappa shape index (κ1) is 25.6. The maximum absolute atomic E-state index is 9.98. The summed E-state index contributed by atoms with van der Waals surface area (Å²) in [5.41, 5.74) is 0. The molecule has 0 aliphatic heterocycles. The molecule has 0 atom stereocenters. The molecule has 0 aromatic heterocycles. The molecule has 0 fully saturated rings. The summed E-state index contributed by atoms with van der Waals surface area (Å²) in [6.45, 7) is 4.48. The number of hydrogen-bond acceptors (Lipinski definition) is 2. The van der Waals surface area contributed by atoms with Crippen LogP contribution in [0.25, 0.3) is 0 Å². The lowest BCUT2D eigenvalue weighted by Crippen LogP contribution is -1.81. The molecule has 0 aromatic carbocycles. The molecule has 0 spiro atoms. The van der Waals surface area contributed by atoms with E-state index in [4.69, 9.17) is 0 Å². The Bertz CT molecular complexity index is 202. The van der Waals surface area contributed by atoms with Gasteiger partial charge in [-0.3, -0.25) is 0 Å². The molecule has 0 unspecified atom stereocenters. The molecule has 0 rings (SSSR count). The smallest absolute Gasteiger partial charge is 0.119 e. The van der Waals surface area contributed by atoms with Gasteiger partial charge in [0.1, 0.15) is 12.6 Å². The zero-order chi connectivity index (χ0) is 18.1. The Morgan fingerprint density at radius 2 is 0.667 bits per heavy atom. The highest BCUT2D eigenvalue weighted by molar-refractivity contribution is 5.49. The van der Waals surface area contributed by atoms with E-state index in [1.807, 2.05) is 0 Å². The zero-order valence-electron chi connectivity index (χ0n) is 16.7. The minimum atomic E-state index is 0.759. The fourth-order valence-corrected chi connectivity index (χ4v) is 2.72. The van der Waals surface area contributed by atoms with E-state index in [1.165, 1.54) is 89.9 Å². The van der Waals surface area contributed by atoms with E-state index in [2.05, 4.69) is 13.8 Å². The lowest BCUT2D eigenvalue weighted by molar-refractivity contribution is -0.108. The summed E-state index contributed by atoms with van der Waals surface area (Å²) in [5.74, 6) is 0. The molecular weight excluding hydrogens is 296 g/mol. The fraction of sp³-hybridized carbons (Fsp3) is 0.909. The Morgan fingerprint density at radius 1 is 0.417 bits per heavy atom. The average molecular weight is 341 g/mol. The molecule has 0 bridgehead atoms. The summed E-state index contributed by atoms with van der Waals surface area (Å²) in [6.07, 6.45) is 24.6. The summed E-state index contributed by atoms with van der Waals surface area (Å²) < 4.78 is 0. The van der Waals surface area contributed by atoms with Crippen molar-refractivity contribution in [1.82, 2.24) is 0 Å². The third-order valence-corrected chi connectivity index (χ3v) is 4.35. The van der Waals surface area contributed by atoms with Gasteiger partial charge in [-0.15, -0.1) is 0 Å². The van der Waals surface area contributed by atoms with Crippen LogP contribution in [0.4, 0.5) is 0 Å². The van der Waals surface area contributed by atoms with Crippen LogP contribution in [-0.2, 0) is 9.59 Å². The van der Waals surface area contributed by atoms with Crippen LogP contribution in [0.3, 0.4) is 0 Å². The van der Waals surface area contributed by atoms with Crippen molar-refractivity contribution in [3.05, 3.63) is 0 Å². The Balaban J connectivity index is 0. The molecule has 0 saturated heterocycles. The van der Waals surface area contributed by atoms with Gasteiger partial charge >= 0.3 is 0 Å². The minimum absolute atomic E-state index is 0.759. The van der Waals surface area contributed by atoms with Crippen molar-refractivity contribution in [3.63, 3.8) is 0 Å². The van der Waals surface area contributed by atoms with Gasteiger partial charge in [-0.2, -0.15) is 0 Å². The summed E-state index contributed by atoms with van der Waals surface area (Å²) >= 11 is 0. The SMILES string of the molecule is CCCCCCCCCCC=O.CCCCCCCCCCC=O. The maximum Gasteiger partial charge on any atom is 0.119 e. The Kier molecular flexibility index (Phi) is 29.0. The topological polar surface area (TPSA) is 34.1 Å². The van der Waals surface area contributed by atoms with Crippen molar-refractivity contribution in [1.29, 1.82) is 0 Å². The molecule has 0 aliphatic rings. The van der Waals surface area contributed by atoms with Crippen LogP contribution in [0.15, 0.2) is 0 Å². The number of carbonyl (C=O) groups excluding carboxylic acids is 2. The fourth-order valence-electron chi connectivity index (χ4n) is 2.72. The van der Waals surface area contributed by atoms with Crippen molar-refractivity contribution < 1.29 is 9.59 Å². The van der Waals surface area contributed by atoms with E-state index >= 15 is 0 Å². The van der Waals surface area contributed by atoms with E-state index in [1.54, 1.807) is 0 Å². The Hall–Kier alpha value is -0.660. The van der Waals surface area contributed by atoms with Gasteiger partial charge in [0.05, 0.1) is 0 Å². The third-order valence-electron chi connectivity index (χ3n) is 4.35. The molecule has 0 heterocycles. The van der Waals surface area contributed by atoms with Crippen LogP contribution >= 0.6 is 0 Å². The van der Waals surface area contributed by atoms with Crippen LogP contribution < -0.4 is 0 Å². The Labute approximate surface area is 152 Å². The van der Waals surface area contributed by atoms with Crippen molar-refractivity contribution >= 4 is 12.6 Å². The first-order chi connectivity index (χ1) is 11.8. The zero-order valence-corrected chi connectivity index (χ0v) is 16.7. The minimum Gasteiger partial charge on any atom is -0.303 e. The summed E-state index contributed by atoms with van der Waals surface area (Å²) in [6, 6.07) is 0. The largest absolute Gasteiger partial charge is 0.303 e. The van der Waals surface area contributed by atoms with Crippen LogP contribution in [0.1, 0.15) is 129 Å². The van der Waals surface area contributed by atoms with E-state index in [0.29, 0.717) is 0 Å². The number of carbonyl (C=O) groups is 2. The molecular formula is C22H44O2. The lowest BCUT2D eigenvalue weighted by atomic mass is 10.1. The molecule has 0 N–H and O–H groups in total. The van der Waals surface area contributed by atoms with Crippen molar-refractivity contribution in [2.24, 2.45) is 0 Å². The second-order valence-electron chi connectivity index (χ2n) is 6.86. The van der Waals surface area contributed by atoms with Gasteiger partial charge in [-0.25, -0.2) is 0 Å². The van der Waals surface area contributed by atoms with Gasteiger partial charge < -0.3 is 9.59 Å². The average Bonchev–Trinajstić information content (AvgIpc) is 2.60. The van der Waals surface area contributed by atoms with Crippen molar-refractivity contribution in [2.75, 3.05) is 0 Å². The molecule has 0 aliphatic carbocycles. The van der Waals surface area contributed by atoms with Crippen LogP contribution in [0.5, 0.6) is 0 Å². The van der Waals surface area contributed by atoms with Crippen molar-refractivity contribution in [3.8, 4) is 0 Å². The van der Waals surface area contributed by atoms with Gasteiger partial charge in [0.15, 0.2) is 0 Å².